The fourth-order valence-electron chi connectivity index (χ4n) is 0.535. The quantitative estimate of drug-likeness (QED) is 0.393. The fraction of sp³-hybridized carbons (Fsp3) is 1.00. The van der Waals surface area contributed by atoms with Crippen molar-refractivity contribution >= 4 is 22.4 Å². The van der Waals surface area contributed by atoms with E-state index < -0.39 is 10.4 Å². The lowest BCUT2D eigenvalue weighted by Gasteiger charge is -2.07. The Morgan fingerprint density at radius 2 is 2.08 bits per heavy atom. The SMILES string of the molecule is CN(C)CCCSOS(=O)(=O)O. The minimum Gasteiger partial charge on any atom is -0.309 e. The van der Waals surface area contributed by atoms with Crippen LogP contribution in [0.1, 0.15) is 6.42 Å². The molecule has 7 heteroatoms. The highest BCUT2D eigenvalue weighted by molar-refractivity contribution is 8.02. The second-order valence-electron chi connectivity index (χ2n) is 2.47. The number of hydrogen-bond donors (Lipinski definition) is 1. The molecule has 0 heterocycles. The second-order valence-corrected chi connectivity index (χ2v) is 4.52. The highest BCUT2D eigenvalue weighted by atomic mass is 32.3. The predicted molar refractivity (Wildman–Crippen MR) is 48.3 cm³/mol. The minimum absolute atomic E-state index is 0.540. The third-order valence-corrected chi connectivity index (χ3v) is 2.50. The maximum Gasteiger partial charge on any atom is 0.408 e. The molecular formula is C5H13NO4S2. The molecule has 0 saturated heterocycles. The normalized spacial score (nSPS) is 12.3. The molecule has 0 radical (unpaired) electrons. The first-order valence-corrected chi connectivity index (χ1v) is 5.62. The summed E-state index contributed by atoms with van der Waals surface area (Å²) in [6.07, 6.45) is 0.813. The van der Waals surface area contributed by atoms with Crippen LogP contribution in [0.25, 0.3) is 0 Å². The van der Waals surface area contributed by atoms with Gasteiger partial charge in [0.25, 0.3) is 0 Å². The van der Waals surface area contributed by atoms with Gasteiger partial charge in [0.05, 0.1) is 0 Å². The van der Waals surface area contributed by atoms with Crippen LogP contribution < -0.4 is 0 Å². The largest absolute Gasteiger partial charge is 0.408 e. The van der Waals surface area contributed by atoms with Crippen LogP contribution in [0.3, 0.4) is 0 Å². The lowest BCUT2D eigenvalue weighted by molar-refractivity contribution is 0.401. The summed E-state index contributed by atoms with van der Waals surface area (Å²) in [7, 11) is -0.426. The van der Waals surface area contributed by atoms with Crippen molar-refractivity contribution in [3.05, 3.63) is 0 Å². The van der Waals surface area contributed by atoms with Gasteiger partial charge in [-0.15, -0.1) is 0 Å². The van der Waals surface area contributed by atoms with E-state index in [1.54, 1.807) is 0 Å². The van der Waals surface area contributed by atoms with Crippen LogP contribution in [0, 0.1) is 0 Å². The Balaban J connectivity index is 3.23. The molecule has 5 nitrogen and oxygen atoms in total. The van der Waals surface area contributed by atoms with Crippen LogP contribution in [0.4, 0.5) is 0 Å². The first-order valence-electron chi connectivity index (χ1n) is 3.35. The molecule has 0 spiro atoms. The van der Waals surface area contributed by atoms with E-state index >= 15 is 0 Å². The molecule has 1 N–H and O–H groups in total. The molecule has 0 bridgehead atoms. The minimum atomic E-state index is -4.28. The van der Waals surface area contributed by atoms with Gasteiger partial charge in [-0.1, -0.05) is 0 Å². The van der Waals surface area contributed by atoms with E-state index in [-0.39, 0.29) is 0 Å². The molecular weight excluding hydrogens is 202 g/mol. The third-order valence-electron chi connectivity index (χ3n) is 0.967. The first kappa shape index (κ1) is 12.2. The number of hydrogen-bond acceptors (Lipinski definition) is 5. The van der Waals surface area contributed by atoms with Crippen molar-refractivity contribution in [3.63, 3.8) is 0 Å². The molecule has 0 aromatic carbocycles. The zero-order valence-electron chi connectivity index (χ0n) is 7.06. The average Bonchev–Trinajstić information content (AvgIpc) is 1.83. The van der Waals surface area contributed by atoms with Crippen LogP contribution >= 0.6 is 12.0 Å². The molecule has 0 rings (SSSR count). The van der Waals surface area contributed by atoms with Crippen LogP contribution in [-0.4, -0.2) is 44.3 Å². The smallest absolute Gasteiger partial charge is 0.309 e. The van der Waals surface area contributed by atoms with E-state index in [0.29, 0.717) is 5.75 Å². The van der Waals surface area contributed by atoms with Crippen LogP contribution in [0.5, 0.6) is 0 Å². The lowest BCUT2D eigenvalue weighted by atomic mass is 10.5. The molecule has 0 unspecified atom stereocenters. The molecule has 0 aromatic heterocycles. The van der Waals surface area contributed by atoms with Gasteiger partial charge >= 0.3 is 10.4 Å². The van der Waals surface area contributed by atoms with Crippen molar-refractivity contribution < 1.29 is 16.6 Å². The van der Waals surface area contributed by atoms with Gasteiger partial charge in [0.15, 0.2) is 0 Å². The van der Waals surface area contributed by atoms with Crippen molar-refractivity contribution in [3.8, 4) is 0 Å². The van der Waals surface area contributed by atoms with Crippen molar-refractivity contribution in [2.45, 2.75) is 6.42 Å². The summed E-state index contributed by atoms with van der Waals surface area (Å²) in [5.74, 6) is 0.540. The monoisotopic (exact) mass is 215 g/mol. The molecule has 74 valence electrons. The molecule has 0 atom stereocenters. The first-order chi connectivity index (χ1) is 5.42. The molecule has 0 aliphatic carbocycles. The van der Waals surface area contributed by atoms with Gasteiger partial charge in [-0.3, -0.25) is 4.55 Å². The van der Waals surface area contributed by atoms with Crippen LogP contribution in [-0.2, 0) is 14.0 Å². The third kappa shape index (κ3) is 10.2. The molecule has 0 aliphatic rings. The molecule has 0 aliphatic heterocycles. The molecule has 0 fully saturated rings. The Morgan fingerprint density at radius 3 is 2.50 bits per heavy atom. The molecule has 0 saturated carbocycles. The van der Waals surface area contributed by atoms with E-state index in [1.165, 1.54) is 0 Å². The fourth-order valence-corrected chi connectivity index (χ4v) is 1.54. The predicted octanol–water partition coefficient (Wildman–Crippen LogP) is 0.406. The lowest BCUT2D eigenvalue weighted by Crippen LogP contribution is -2.13. The average molecular weight is 215 g/mol. The van der Waals surface area contributed by atoms with Crippen LogP contribution in [0.2, 0.25) is 0 Å². The Labute approximate surface area is 77.2 Å². The Bertz CT molecular complexity index is 201. The van der Waals surface area contributed by atoms with Gasteiger partial charge in [0.2, 0.25) is 0 Å². The summed E-state index contributed by atoms with van der Waals surface area (Å²) in [5.41, 5.74) is 0. The summed E-state index contributed by atoms with van der Waals surface area (Å²) in [6.45, 7) is 0.863. The van der Waals surface area contributed by atoms with Crippen molar-refractivity contribution in [2.24, 2.45) is 0 Å². The molecule has 12 heavy (non-hydrogen) atoms. The maximum atomic E-state index is 10.0. The number of rotatable bonds is 6. The zero-order chi connectivity index (χ0) is 9.61. The summed E-state index contributed by atoms with van der Waals surface area (Å²) in [6, 6.07) is 0. The standard InChI is InChI=1S/C5H13NO4S2/c1-6(2)4-3-5-11-10-12(7,8)9/h3-5H2,1-2H3,(H,7,8,9). The number of nitrogens with zero attached hydrogens (tertiary/aromatic N) is 1. The van der Waals surface area contributed by atoms with Crippen molar-refractivity contribution in [1.29, 1.82) is 0 Å². The van der Waals surface area contributed by atoms with Crippen molar-refractivity contribution in [2.75, 3.05) is 26.4 Å². The highest BCUT2D eigenvalue weighted by Crippen LogP contribution is 2.07. The Morgan fingerprint density at radius 1 is 1.50 bits per heavy atom. The zero-order valence-corrected chi connectivity index (χ0v) is 8.69. The summed E-state index contributed by atoms with van der Waals surface area (Å²) in [4.78, 5) is 1.98. The van der Waals surface area contributed by atoms with Gasteiger partial charge in [0, 0.05) is 17.8 Å². The molecule has 0 amide bonds. The van der Waals surface area contributed by atoms with Gasteiger partial charge in [0.1, 0.15) is 0 Å². The van der Waals surface area contributed by atoms with Gasteiger partial charge in [-0.25, -0.2) is 0 Å². The van der Waals surface area contributed by atoms with E-state index in [2.05, 4.69) is 3.63 Å². The van der Waals surface area contributed by atoms with Gasteiger partial charge in [-0.05, 0) is 27.1 Å². The van der Waals surface area contributed by atoms with E-state index in [9.17, 15) is 8.42 Å². The summed E-state index contributed by atoms with van der Waals surface area (Å²) in [5, 5.41) is 0. The summed E-state index contributed by atoms with van der Waals surface area (Å²) < 4.78 is 32.2. The van der Waals surface area contributed by atoms with Crippen molar-refractivity contribution in [1.82, 2.24) is 4.90 Å². The Hall–Kier alpha value is 0.180. The molecule has 0 aromatic rings. The Kier molecular flexibility index (Phi) is 5.85. The second kappa shape index (κ2) is 5.76. The highest BCUT2D eigenvalue weighted by Gasteiger charge is 2.03. The topological polar surface area (TPSA) is 66.8 Å². The van der Waals surface area contributed by atoms with E-state index in [4.69, 9.17) is 4.55 Å². The summed E-state index contributed by atoms with van der Waals surface area (Å²) >= 11 is 0.738. The van der Waals surface area contributed by atoms with E-state index in [1.807, 2.05) is 19.0 Å². The van der Waals surface area contributed by atoms with Gasteiger partial charge in [-0.2, -0.15) is 12.0 Å². The van der Waals surface area contributed by atoms with Crippen LogP contribution in [0.15, 0.2) is 0 Å². The van der Waals surface area contributed by atoms with Gasteiger partial charge < -0.3 is 4.90 Å². The maximum absolute atomic E-state index is 10.0. The van der Waals surface area contributed by atoms with E-state index in [0.717, 1.165) is 25.0 Å².